The Hall–Kier alpha value is -3.57. The number of rotatable bonds is 3. The van der Waals surface area contributed by atoms with Crippen LogP contribution in [0.25, 0.3) is 10.9 Å². The lowest BCUT2D eigenvalue weighted by Gasteiger charge is -2.08. The Bertz CT molecular complexity index is 1240. The molecule has 3 N–H and O–H groups in total. The van der Waals surface area contributed by atoms with Crippen LogP contribution in [0.1, 0.15) is 26.3 Å². The van der Waals surface area contributed by atoms with Gasteiger partial charge in [0.25, 0.3) is 11.8 Å². The average Bonchev–Trinajstić information content (AvgIpc) is 3.00. The second kappa shape index (κ2) is 7.45. The molecule has 1 aromatic heterocycles. The van der Waals surface area contributed by atoms with Crippen molar-refractivity contribution in [3.05, 3.63) is 94.5 Å². The van der Waals surface area contributed by atoms with Crippen LogP contribution in [0.4, 0.5) is 11.5 Å². The minimum Gasteiger partial charge on any atom is -0.384 e. The molecular formula is C23H18ClN3O2. The number of carbonyl (C=O) groups excluding carboxylic acids is 2. The number of hydrogen-bond donors (Lipinski definition) is 2. The van der Waals surface area contributed by atoms with Gasteiger partial charge in [0.05, 0.1) is 11.1 Å². The van der Waals surface area contributed by atoms with Crippen LogP contribution in [-0.2, 0) is 0 Å². The topological polar surface area (TPSA) is 77.1 Å². The van der Waals surface area contributed by atoms with Crippen molar-refractivity contribution in [2.75, 3.05) is 11.1 Å². The van der Waals surface area contributed by atoms with Gasteiger partial charge in [-0.05, 0) is 55.0 Å². The van der Waals surface area contributed by atoms with Gasteiger partial charge >= 0.3 is 0 Å². The molecule has 1 amide bonds. The van der Waals surface area contributed by atoms with Crippen LogP contribution < -0.4 is 11.1 Å². The second-order valence-corrected chi connectivity index (χ2v) is 7.18. The Kier molecular flexibility index (Phi) is 4.82. The molecule has 4 aromatic rings. The summed E-state index contributed by atoms with van der Waals surface area (Å²) in [6.07, 6.45) is 0. The maximum absolute atomic E-state index is 13.1. The van der Waals surface area contributed by atoms with E-state index in [-0.39, 0.29) is 23.2 Å². The highest BCUT2D eigenvalue weighted by Crippen LogP contribution is 2.30. The van der Waals surface area contributed by atoms with Gasteiger partial charge in [-0.1, -0.05) is 41.9 Å². The molecule has 0 aliphatic heterocycles. The molecule has 0 saturated carbocycles. The highest BCUT2D eigenvalue weighted by atomic mass is 35.5. The SMILES string of the molecule is Cc1cccc(NC(=O)c2c(N)n(C(=O)c3ccc(Cl)cc3)c3ccccc23)c1. The molecule has 0 radical (unpaired) electrons. The summed E-state index contributed by atoms with van der Waals surface area (Å²) in [5.41, 5.74) is 9.27. The molecule has 1 heterocycles. The molecule has 29 heavy (non-hydrogen) atoms. The Balaban J connectivity index is 1.81. The number of aryl methyl sites for hydroxylation is 1. The average molecular weight is 404 g/mol. The molecule has 3 aromatic carbocycles. The number of nitrogens with zero attached hydrogens (tertiary/aromatic N) is 1. The number of benzene rings is 3. The van der Waals surface area contributed by atoms with Crippen LogP contribution in [0, 0.1) is 6.92 Å². The fraction of sp³-hybridized carbons (Fsp3) is 0.0435. The van der Waals surface area contributed by atoms with Crippen molar-refractivity contribution < 1.29 is 9.59 Å². The zero-order valence-electron chi connectivity index (χ0n) is 15.6. The molecule has 0 fully saturated rings. The maximum Gasteiger partial charge on any atom is 0.263 e. The number of para-hydroxylation sites is 1. The number of hydrogen-bond acceptors (Lipinski definition) is 3. The van der Waals surface area contributed by atoms with Crippen molar-refractivity contribution >= 4 is 45.8 Å². The van der Waals surface area contributed by atoms with Crippen LogP contribution in [0.15, 0.2) is 72.8 Å². The maximum atomic E-state index is 13.1. The molecule has 6 heteroatoms. The summed E-state index contributed by atoms with van der Waals surface area (Å²) in [6.45, 7) is 1.95. The predicted octanol–water partition coefficient (Wildman–Crippen LogP) is 5.13. The quantitative estimate of drug-likeness (QED) is 0.498. The number of fused-ring (bicyclic) bond motifs is 1. The normalized spacial score (nSPS) is 10.8. The van der Waals surface area contributed by atoms with Crippen molar-refractivity contribution in [2.24, 2.45) is 0 Å². The number of aromatic nitrogens is 1. The van der Waals surface area contributed by atoms with Crippen molar-refractivity contribution in [2.45, 2.75) is 6.92 Å². The van der Waals surface area contributed by atoms with Crippen LogP contribution in [-0.4, -0.2) is 16.4 Å². The number of nitrogens with two attached hydrogens (primary N) is 1. The lowest BCUT2D eigenvalue weighted by molar-refractivity contribution is 0.0967. The van der Waals surface area contributed by atoms with E-state index in [1.54, 1.807) is 48.5 Å². The van der Waals surface area contributed by atoms with E-state index in [2.05, 4.69) is 5.32 Å². The zero-order valence-corrected chi connectivity index (χ0v) is 16.4. The van der Waals surface area contributed by atoms with E-state index in [9.17, 15) is 9.59 Å². The van der Waals surface area contributed by atoms with E-state index in [0.29, 0.717) is 27.2 Å². The van der Waals surface area contributed by atoms with Crippen LogP contribution >= 0.6 is 11.6 Å². The van der Waals surface area contributed by atoms with Gasteiger partial charge in [-0.25, -0.2) is 0 Å². The lowest BCUT2D eigenvalue weighted by Crippen LogP contribution is -2.18. The zero-order chi connectivity index (χ0) is 20.5. The third-order valence-electron chi connectivity index (χ3n) is 4.71. The number of nitrogen functional groups attached to an aromatic ring is 1. The molecule has 0 atom stereocenters. The molecule has 0 aliphatic rings. The van der Waals surface area contributed by atoms with Crippen molar-refractivity contribution in [1.29, 1.82) is 0 Å². The van der Waals surface area contributed by atoms with Crippen molar-refractivity contribution in [1.82, 2.24) is 4.57 Å². The first-order chi connectivity index (χ1) is 14.0. The predicted molar refractivity (Wildman–Crippen MR) is 117 cm³/mol. The minimum atomic E-state index is -0.369. The summed E-state index contributed by atoms with van der Waals surface area (Å²) in [5, 5.41) is 4.01. The van der Waals surface area contributed by atoms with E-state index in [4.69, 9.17) is 17.3 Å². The number of nitrogens with one attached hydrogen (secondary N) is 1. The summed E-state index contributed by atoms with van der Waals surface area (Å²) in [7, 11) is 0. The smallest absolute Gasteiger partial charge is 0.263 e. The molecule has 5 nitrogen and oxygen atoms in total. The molecule has 0 aliphatic carbocycles. The van der Waals surface area contributed by atoms with Gasteiger partial charge in [-0.2, -0.15) is 0 Å². The van der Waals surface area contributed by atoms with Gasteiger partial charge in [0.1, 0.15) is 5.82 Å². The van der Waals surface area contributed by atoms with Crippen LogP contribution in [0.2, 0.25) is 5.02 Å². The number of carbonyl (C=O) groups is 2. The first kappa shape index (κ1) is 18.8. The minimum absolute atomic E-state index is 0.0938. The van der Waals surface area contributed by atoms with Crippen molar-refractivity contribution in [3.8, 4) is 0 Å². The Labute approximate surface area is 172 Å². The number of halogens is 1. The third-order valence-corrected chi connectivity index (χ3v) is 4.96. The Morgan fingerprint density at radius 2 is 1.69 bits per heavy atom. The lowest BCUT2D eigenvalue weighted by atomic mass is 10.1. The highest BCUT2D eigenvalue weighted by Gasteiger charge is 2.24. The molecule has 0 saturated heterocycles. The Morgan fingerprint density at radius 3 is 2.41 bits per heavy atom. The number of anilines is 2. The molecule has 0 unspecified atom stereocenters. The largest absolute Gasteiger partial charge is 0.384 e. The van der Waals surface area contributed by atoms with E-state index in [1.807, 2.05) is 31.2 Å². The third kappa shape index (κ3) is 3.48. The molecule has 0 bridgehead atoms. The second-order valence-electron chi connectivity index (χ2n) is 6.75. The summed E-state index contributed by atoms with van der Waals surface area (Å²) < 4.78 is 1.36. The monoisotopic (exact) mass is 403 g/mol. The first-order valence-electron chi connectivity index (χ1n) is 9.03. The van der Waals surface area contributed by atoms with E-state index in [1.165, 1.54) is 4.57 Å². The van der Waals surface area contributed by atoms with Gasteiger partial charge in [0.2, 0.25) is 0 Å². The van der Waals surface area contributed by atoms with E-state index in [0.717, 1.165) is 5.56 Å². The summed E-state index contributed by atoms with van der Waals surface area (Å²) in [5.74, 6) is -0.603. The fourth-order valence-electron chi connectivity index (χ4n) is 3.35. The molecule has 0 spiro atoms. The Morgan fingerprint density at radius 1 is 0.966 bits per heavy atom. The van der Waals surface area contributed by atoms with Crippen molar-refractivity contribution in [3.63, 3.8) is 0 Å². The number of amides is 1. The van der Waals surface area contributed by atoms with Gasteiger partial charge < -0.3 is 11.1 Å². The molecule has 4 rings (SSSR count). The summed E-state index contributed by atoms with van der Waals surface area (Å²) in [4.78, 5) is 26.2. The van der Waals surface area contributed by atoms with Crippen LogP contribution in [0.3, 0.4) is 0 Å². The molecule has 144 valence electrons. The summed E-state index contributed by atoms with van der Waals surface area (Å²) >= 11 is 5.93. The van der Waals surface area contributed by atoms with E-state index < -0.39 is 0 Å². The van der Waals surface area contributed by atoms with Gasteiger partial charge in [0.15, 0.2) is 0 Å². The van der Waals surface area contributed by atoms with Crippen LogP contribution in [0.5, 0.6) is 0 Å². The van der Waals surface area contributed by atoms with E-state index >= 15 is 0 Å². The molecular weight excluding hydrogens is 386 g/mol. The fourth-order valence-corrected chi connectivity index (χ4v) is 3.48. The van der Waals surface area contributed by atoms with Gasteiger partial charge in [0, 0.05) is 21.7 Å². The van der Waals surface area contributed by atoms with Gasteiger partial charge in [-0.15, -0.1) is 0 Å². The first-order valence-corrected chi connectivity index (χ1v) is 9.40. The standard InChI is InChI=1S/C23H18ClN3O2/c1-14-5-4-6-17(13-14)26-22(28)20-18-7-2-3-8-19(18)27(21(20)25)23(29)15-9-11-16(24)12-10-15/h2-13H,25H2,1H3,(H,26,28). The summed E-state index contributed by atoms with van der Waals surface area (Å²) in [6, 6.07) is 21.2. The highest BCUT2D eigenvalue weighted by molar-refractivity contribution is 6.30. The van der Waals surface area contributed by atoms with Gasteiger partial charge in [-0.3, -0.25) is 14.2 Å².